The number of hydrogen-bond acceptors (Lipinski definition) is 7. The van der Waals surface area contributed by atoms with Crippen LogP contribution in [-0.4, -0.2) is 34.3 Å². The van der Waals surface area contributed by atoms with Crippen LogP contribution in [0.1, 0.15) is 16.7 Å². The Labute approximate surface area is 190 Å². The number of rotatable bonds is 4. The lowest BCUT2D eigenvalue weighted by molar-refractivity contribution is 0.596. The summed E-state index contributed by atoms with van der Waals surface area (Å²) in [6.07, 6.45) is 4.84. The van der Waals surface area contributed by atoms with E-state index in [4.69, 9.17) is 5.73 Å². The predicted octanol–water partition coefficient (Wildman–Crippen LogP) is 3.89. The van der Waals surface area contributed by atoms with Crippen molar-refractivity contribution in [3.63, 3.8) is 0 Å². The number of benzene rings is 2. The van der Waals surface area contributed by atoms with Gasteiger partial charge in [0.1, 0.15) is 16.2 Å². The van der Waals surface area contributed by atoms with E-state index in [1.807, 2.05) is 31.2 Å². The van der Waals surface area contributed by atoms with E-state index in [1.54, 1.807) is 55.9 Å². The highest BCUT2D eigenvalue weighted by molar-refractivity contribution is 7.92. The van der Waals surface area contributed by atoms with E-state index in [1.165, 1.54) is 4.68 Å². The van der Waals surface area contributed by atoms with Crippen LogP contribution < -0.4 is 5.73 Å². The molecule has 5 rings (SSSR count). The summed E-state index contributed by atoms with van der Waals surface area (Å²) in [7, 11) is -4.01. The van der Waals surface area contributed by atoms with E-state index in [2.05, 4.69) is 20.1 Å². The van der Waals surface area contributed by atoms with Gasteiger partial charge in [0.25, 0.3) is 0 Å². The Morgan fingerprint density at radius 2 is 1.76 bits per heavy atom. The lowest BCUT2D eigenvalue weighted by Crippen LogP contribution is -2.08. The lowest BCUT2D eigenvalue weighted by Gasteiger charge is -2.09. The highest BCUT2D eigenvalue weighted by Crippen LogP contribution is 2.36. The predicted molar refractivity (Wildman–Crippen MR) is 128 cm³/mol. The second-order valence-electron chi connectivity index (χ2n) is 7.71. The molecule has 0 spiro atoms. The lowest BCUT2D eigenvalue weighted by atomic mass is 10.2. The van der Waals surface area contributed by atoms with Crippen LogP contribution in [0, 0.1) is 13.8 Å². The SMILES string of the molecule is Cc1ccc(C)c(S(=O)(=O)c2c(N)n(N=Cc3cccnc3)c3nc4ccccc4nc23)c1. The molecule has 0 atom stereocenters. The Hall–Kier alpha value is -4.11. The molecule has 3 aromatic heterocycles. The largest absolute Gasteiger partial charge is 0.382 e. The van der Waals surface area contributed by atoms with E-state index < -0.39 is 9.84 Å². The molecule has 9 heteroatoms. The van der Waals surface area contributed by atoms with Crippen LogP contribution >= 0.6 is 0 Å². The first-order valence-electron chi connectivity index (χ1n) is 10.2. The molecule has 0 saturated carbocycles. The van der Waals surface area contributed by atoms with Gasteiger partial charge in [-0.25, -0.2) is 18.4 Å². The average Bonchev–Trinajstić information content (AvgIpc) is 3.09. The number of sulfone groups is 1. The molecule has 0 amide bonds. The third kappa shape index (κ3) is 3.52. The maximum absolute atomic E-state index is 13.8. The van der Waals surface area contributed by atoms with Crippen LogP contribution in [0.5, 0.6) is 0 Å². The third-order valence-electron chi connectivity index (χ3n) is 5.34. The zero-order chi connectivity index (χ0) is 23.2. The fourth-order valence-corrected chi connectivity index (χ4v) is 5.49. The smallest absolute Gasteiger partial charge is 0.212 e. The highest BCUT2D eigenvalue weighted by atomic mass is 32.2. The molecule has 0 saturated heterocycles. The summed E-state index contributed by atoms with van der Waals surface area (Å²) in [6, 6.07) is 16.1. The number of nitrogen functional groups attached to an aromatic ring is 1. The number of aryl methyl sites for hydroxylation is 2. The maximum Gasteiger partial charge on any atom is 0.212 e. The second-order valence-corrected chi connectivity index (χ2v) is 9.57. The number of nitrogens with two attached hydrogens (primary N) is 1. The van der Waals surface area contributed by atoms with Gasteiger partial charge in [-0.2, -0.15) is 9.78 Å². The molecular weight excluding hydrogens is 436 g/mol. The molecule has 8 nitrogen and oxygen atoms in total. The first-order chi connectivity index (χ1) is 15.9. The van der Waals surface area contributed by atoms with Crippen LogP contribution in [0.2, 0.25) is 0 Å². The number of para-hydroxylation sites is 2. The van der Waals surface area contributed by atoms with E-state index >= 15 is 0 Å². The molecule has 0 aliphatic heterocycles. The topological polar surface area (TPSA) is 116 Å². The summed E-state index contributed by atoms with van der Waals surface area (Å²) in [5, 5.41) is 4.44. The zero-order valence-electron chi connectivity index (χ0n) is 18.0. The molecule has 0 fully saturated rings. The summed E-state index contributed by atoms with van der Waals surface area (Å²) in [6.45, 7) is 3.60. The summed E-state index contributed by atoms with van der Waals surface area (Å²) < 4.78 is 29.0. The van der Waals surface area contributed by atoms with Gasteiger partial charge in [-0.3, -0.25) is 4.98 Å². The monoisotopic (exact) mass is 456 g/mol. The zero-order valence-corrected chi connectivity index (χ0v) is 18.8. The Kier molecular flexibility index (Phi) is 4.90. The van der Waals surface area contributed by atoms with Crippen molar-refractivity contribution in [2.24, 2.45) is 5.10 Å². The molecule has 5 aromatic rings. The van der Waals surface area contributed by atoms with Gasteiger partial charge in [0.2, 0.25) is 9.84 Å². The van der Waals surface area contributed by atoms with Crippen LogP contribution in [0.25, 0.3) is 22.2 Å². The maximum atomic E-state index is 13.8. The second kappa shape index (κ2) is 7.79. The quantitative estimate of drug-likeness (QED) is 0.410. The molecule has 164 valence electrons. The third-order valence-corrected chi connectivity index (χ3v) is 7.30. The van der Waals surface area contributed by atoms with Gasteiger partial charge in [-0.1, -0.05) is 30.3 Å². The van der Waals surface area contributed by atoms with E-state index in [9.17, 15) is 8.42 Å². The van der Waals surface area contributed by atoms with Crippen molar-refractivity contribution < 1.29 is 8.42 Å². The Morgan fingerprint density at radius 3 is 2.48 bits per heavy atom. The standard InChI is InChI=1S/C24H20N6O2S/c1-15-9-10-16(2)20(12-15)33(31,32)22-21-24(29-19-8-4-3-7-18(19)28-21)30(23(22)25)27-14-17-6-5-11-26-13-17/h3-14H,25H2,1-2H3. The Morgan fingerprint density at radius 1 is 1.00 bits per heavy atom. The van der Waals surface area contributed by atoms with Crippen LogP contribution in [-0.2, 0) is 9.84 Å². The van der Waals surface area contributed by atoms with Crippen molar-refractivity contribution in [1.29, 1.82) is 0 Å². The molecule has 0 bridgehead atoms. The van der Waals surface area contributed by atoms with Gasteiger partial charge >= 0.3 is 0 Å². The minimum atomic E-state index is -4.01. The molecule has 0 aliphatic carbocycles. The van der Waals surface area contributed by atoms with Crippen molar-refractivity contribution >= 4 is 44.1 Å². The Balaban J connectivity index is 1.83. The molecule has 0 unspecified atom stereocenters. The fourth-order valence-electron chi connectivity index (χ4n) is 3.69. The number of aromatic nitrogens is 4. The minimum Gasteiger partial charge on any atom is -0.382 e. The van der Waals surface area contributed by atoms with Crippen LogP contribution in [0.4, 0.5) is 5.82 Å². The first kappa shape index (κ1) is 20.8. The number of fused-ring (bicyclic) bond motifs is 2. The van der Waals surface area contributed by atoms with E-state index in [-0.39, 0.29) is 26.8 Å². The molecule has 0 aliphatic rings. The van der Waals surface area contributed by atoms with Gasteiger partial charge in [0, 0.05) is 18.0 Å². The number of hydrogen-bond donors (Lipinski definition) is 1. The van der Waals surface area contributed by atoms with Crippen molar-refractivity contribution in [1.82, 2.24) is 19.6 Å². The fraction of sp³-hybridized carbons (Fsp3) is 0.0833. The van der Waals surface area contributed by atoms with Gasteiger partial charge < -0.3 is 5.73 Å². The van der Waals surface area contributed by atoms with E-state index in [0.29, 0.717) is 16.6 Å². The molecule has 2 N–H and O–H groups in total. The molecular formula is C24H20N6O2S. The minimum absolute atomic E-state index is 0.0543. The molecule has 3 heterocycles. The molecule has 0 radical (unpaired) electrons. The van der Waals surface area contributed by atoms with Crippen molar-refractivity contribution in [2.45, 2.75) is 23.6 Å². The average molecular weight is 457 g/mol. The van der Waals surface area contributed by atoms with Crippen molar-refractivity contribution in [2.75, 3.05) is 5.73 Å². The number of anilines is 1. The van der Waals surface area contributed by atoms with Gasteiger partial charge in [-0.05, 0) is 49.2 Å². The van der Waals surface area contributed by atoms with E-state index in [0.717, 1.165) is 11.1 Å². The first-order valence-corrected chi connectivity index (χ1v) is 11.7. The van der Waals surface area contributed by atoms with Crippen molar-refractivity contribution in [3.8, 4) is 0 Å². The highest BCUT2D eigenvalue weighted by Gasteiger charge is 2.31. The molecule has 2 aromatic carbocycles. The van der Waals surface area contributed by atoms with Crippen LogP contribution in [0.15, 0.2) is 81.9 Å². The normalized spacial score (nSPS) is 12.2. The van der Waals surface area contributed by atoms with Crippen LogP contribution in [0.3, 0.4) is 0 Å². The Bertz CT molecular complexity index is 1660. The number of nitrogens with zero attached hydrogens (tertiary/aromatic N) is 5. The summed E-state index contributed by atoms with van der Waals surface area (Å²) in [4.78, 5) is 13.4. The molecule has 33 heavy (non-hydrogen) atoms. The summed E-state index contributed by atoms with van der Waals surface area (Å²) in [5.41, 5.74) is 10.2. The number of pyridine rings is 1. The summed E-state index contributed by atoms with van der Waals surface area (Å²) >= 11 is 0. The summed E-state index contributed by atoms with van der Waals surface area (Å²) in [5.74, 6) is -0.0543. The van der Waals surface area contributed by atoms with Gasteiger partial charge in [0.15, 0.2) is 5.65 Å². The van der Waals surface area contributed by atoms with Gasteiger partial charge in [-0.15, -0.1) is 0 Å². The van der Waals surface area contributed by atoms with Crippen molar-refractivity contribution in [3.05, 3.63) is 83.7 Å². The van der Waals surface area contributed by atoms with Gasteiger partial charge in [0.05, 0.1) is 22.1 Å².